The first-order valence-corrected chi connectivity index (χ1v) is 30.8. The van der Waals surface area contributed by atoms with E-state index in [1.54, 1.807) is 13.8 Å². The fourth-order valence-electron chi connectivity index (χ4n) is 16.9. The van der Waals surface area contributed by atoms with E-state index in [0.29, 0.717) is 32.1 Å². The normalized spacial score (nSPS) is 55.0. The summed E-state index contributed by atoms with van der Waals surface area (Å²) in [7, 11) is 0. The Kier molecular flexibility index (Phi) is 22.8. The van der Waals surface area contributed by atoms with Crippen LogP contribution in [0.3, 0.4) is 0 Å². The fraction of sp³-hybridized carbons (Fsp3) is 0.982. The number of fused-ring (bicyclic) bond motifs is 3. The molecule has 6 saturated heterocycles. The van der Waals surface area contributed by atoms with Gasteiger partial charge in [0.2, 0.25) is 6.29 Å². The molecule has 4 saturated carbocycles. The third kappa shape index (κ3) is 12.8. The number of rotatable bonds is 18. The highest BCUT2D eigenvalue weighted by molar-refractivity contribution is 5.77. The van der Waals surface area contributed by atoms with E-state index in [9.17, 15) is 107 Å². The SMILES string of the molecule is C.C[C@@]1(C(=O)OC2OC(CO)C(O)C(OC3OC(CO)C(O)C(O)C3O)C2OC2OC(CO)C(O)C(O)C2O)CCC[C@]2(C)C1CC[C@@]13C[C@@](OC4OC(CO)C(O)C(OC5OC(CO)C(O)C(O)C5O)C4OC4OC(CO)C(O)C(O)C4O)(CC[C@H]12)[C@](C)(O)C3. The lowest BCUT2D eigenvalue weighted by Gasteiger charge is -2.64. The van der Waals surface area contributed by atoms with Gasteiger partial charge in [0, 0.05) is 0 Å². The minimum absolute atomic E-state index is 0. The van der Waals surface area contributed by atoms with E-state index >= 15 is 4.79 Å². The first-order valence-electron chi connectivity index (χ1n) is 30.8. The van der Waals surface area contributed by atoms with Crippen molar-refractivity contribution in [3.05, 3.63) is 0 Å². The number of hydrogen-bond donors (Lipinski definition) is 21. The van der Waals surface area contributed by atoms with Gasteiger partial charge in [-0.25, -0.2) is 0 Å². The van der Waals surface area contributed by atoms with E-state index in [4.69, 9.17) is 56.8 Å². The summed E-state index contributed by atoms with van der Waals surface area (Å²) in [6, 6.07) is 0. The van der Waals surface area contributed by atoms with Crippen LogP contribution in [0.25, 0.3) is 0 Å². The number of aliphatic hydroxyl groups excluding tert-OH is 20. The molecule has 91 heavy (non-hydrogen) atoms. The van der Waals surface area contributed by atoms with Crippen molar-refractivity contribution in [2.45, 2.75) is 281 Å². The third-order valence-electron chi connectivity index (χ3n) is 21.8. The lowest BCUT2D eigenvalue weighted by Crippen LogP contribution is -2.68. The third-order valence-corrected chi connectivity index (χ3v) is 21.8. The van der Waals surface area contributed by atoms with Gasteiger partial charge in [-0.05, 0) is 87.9 Å². The Morgan fingerprint density at radius 3 is 1.13 bits per heavy atom. The van der Waals surface area contributed by atoms with Crippen LogP contribution in [0.4, 0.5) is 0 Å². The average Bonchev–Trinajstić information content (AvgIpc) is 1.57. The number of esters is 1. The predicted molar refractivity (Wildman–Crippen MR) is 293 cm³/mol. The lowest BCUT2D eigenvalue weighted by molar-refractivity contribution is -0.406. The van der Waals surface area contributed by atoms with E-state index in [1.165, 1.54) is 0 Å². The maximum Gasteiger partial charge on any atom is 0.314 e. The number of carbonyl (C=O) groups excluding carboxylic acids is 1. The maximum atomic E-state index is 15.4. The molecule has 0 radical (unpaired) electrons. The maximum absolute atomic E-state index is 15.4. The molecule has 0 aromatic rings. The molecule has 2 bridgehead atoms. The van der Waals surface area contributed by atoms with Crippen LogP contribution in [0.2, 0.25) is 0 Å². The number of carbonyl (C=O) groups is 1. The Morgan fingerprint density at radius 1 is 0.396 bits per heavy atom. The number of ether oxygens (including phenoxy) is 12. The molecule has 37 atom stereocenters. The molecule has 10 aliphatic rings. The van der Waals surface area contributed by atoms with Gasteiger partial charge < -0.3 is 164 Å². The van der Waals surface area contributed by atoms with Gasteiger partial charge >= 0.3 is 5.97 Å². The topological polar surface area (TPSA) is 553 Å². The van der Waals surface area contributed by atoms with Crippen molar-refractivity contribution >= 4 is 5.97 Å². The summed E-state index contributed by atoms with van der Waals surface area (Å²) in [5, 5.41) is 228. The van der Waals surface area contributed by atoms with Gasteiger partial charge in [0.25, 0.3) is 0 Å². The first-order chi connectivity index (χ1) is 42.4. The molecule has 0 aromatic heterocycles. The molecular weight excluding hydrogens is 1230 g/mol. The second kappa shape index (κ2) is 28.2. The number of aliphatic hydroxyl groups is 21. The Labute approximate surface area is 522 Å². The van der Waals surface area contributed by atoms with E-state index in [2.05, 4.69) is 0 Å². The molecule has 528 valence electrons. The van der Waals surface area contributed by atoms with Gasteiger partial charge in [-0.1, -0.05) is 20.8 Å². The molecule has 10 fully saturated rings. The fourth-order valence-corrected chi connectivity index (χ4v) is 16.9. The minimum Gasteiger partial charge on any atom is -0.432 e. The second-order valence-corrected chi connectivity index (χ2v) is 27.1. The van der Waals surface area contributed by atoms with Gasteiger partial charge in [0.15, 0.2) is 37.6 Å². The summed E-state index contributed by atoms with van der Waals surface area (Å²) >= 11 is 0. The van der Waals surface area contributed by atoms with Crippen LogP contribution < -0.4 is 0 Å². The summed E-state index contributed by atoms with van der Waals surface area (Å²) in [5.41, 5.74) is -6.22. The Balaban J connectivity index is 0.00000980. The van der Waals surface area contributed by atoms with Gasteiger partial charge in [0.1, 0.15) is 146 Å². The van der Waals surface area contributed by atoms with Crippen LogP contribution >= 0.6 is 0 Å². The molecule has 1 spiro atoms. The monoisotopic (exact) mass is 1320 g/mol. The van der Waals surface area contributed by atoms with E-state index in [-0.39, 0.29) is 39.0 Å². The molecule has 6 heterocycles. The zero-order chi connectivity index (χ0) is 65.6. The molecule has 10 rings (SSSR count). The van der Waals surface area contributed by atoms with Gasteiger partial charge in [-0.2, -0.15) is 0 Å². The molecule has 6 aliphatic heterocycles. The lowest BCUT2D eigenvalue weighted by atomic mass is 9.41. The molecule has 0 amide bonds. The summed E-state index contributed by atoms with van der Waals surface area (Å²) in [6.45, 7) is -0.131. The van der Waals surface area contributed by atoms with E-state index in [1.807, 2.05) is 6.92 Å². The quantitative estimate of drug-likeness (QED) is 0.0448. The van der Waals surface area contributed by atoms with E-state index < -0.39 is 263 Å². The molecule has 0 aromatic carbocycles. The molecule has 34 nitrogen and oxygen atoms in total. The largest absolute Gasteiger partial charge is 0.432 e. The summed E-state index contributed by atoms with van der Waals surface area (Å²) < 4.78 is 72.7. The predicted octanol–water partition coefficient (Wildman–Crippen LogP) is -9.63. The van der Waals surface area contributed by atoms with Crippen molar-refractivity contribution in [2.75, 3.05) is 39.6 Å². The highest BCUT2D eigenvalue weighted by Gasteiger charge is 2.74. The van der Waals surface area contributed by atoms with Crippen LogP contribution in [0.15, 0.2) is 0 Å². The van der Waals surface area contributed by atoms with Gasteiger partial charge in [-0.3, -0.25) is 4.79 Å². The molecule has 31 unspecified atom stereocenters. The Hall–Kier alpha value is -1.81. The summed E-state index contributed by atoms with van der Waals surface area (Å²) in [4.78, 5) is 15.4. The van der Waals surface area contributed by atoms with Crippen molar-refractivity contribution < 1.29 is 169 Å². The van der Waals surface area contributed by atoms with Crippen LogP contribution in [0.5, 0.6) is 0 Å². The number of hydrogen-bond acceptors (Lipinski definition) is 34. The van der Waals surface area contributed by atoms with Crippen molar-refractivity contribution in [3.63, 3.8) is 0 Å². The zero-order valence-corrected chi connectivity index (χ0v) is 49.8. The highest BCUT2D eigenvalue weighted by Crippen LogP contribution is 2.74. The van der Waals surface area contributed by atoms with Crippen LogP contribution in [0.1, 0.15) is 86.0 Å². The molecule has 34 heteroatoms. The van der Waals surface area contributed by atoms with Crippen molar-refractivity contribution in [1.29, 1.82) is 0 Å². The molecule has 4 aliphatic carbocycles. The molecular formula is C57H96O34. The standard InChI is InChI=1S/C56H92O34.CH4/c1-52-7-4-8-53(2,51(77)89-49-43(87-47-39(75)35(71)29(65)21(13-59)81-47)41(31(67)23(15-61)83-49)85-45-37(73)33(69)27(63)19(11-57)79-45)25(52)5-9-55-17-54(3,78)56(18-55,10-6-26(52)55)90-50-44(88-48-40(76)36(72)30(66)22(14-60)82-48)42(32(68)24(16-62)84-50)86-46-38(74)34(70)28(64)20(12-58)80-46;/h19-50,57-76,78H,4-18H2,1-3H3;1H4/t19?,20?,21?,22?,23?,24?,25?,26-,27?,28?,29?,30?,31?,32?,33?,34?,35?,36?,37?,38?,39?,40?,41?,42?,43?,44?,45?,46?,47?,48?,49?,50?,52+,53+,54+,55+,56-;/m0./s1. The average molecular weight is 1330 g/mol. The van der Waals surface area contributed by atoms with E-state index in [0.717, 1.165) is 0 Å². The van der Waals surface area contributed by atoms with Gasteiger partial charge in [-0.15, -0.1) is 0 Å². The van der Waals surface area contributed by atoms with Crippen molar-refractivity contribution in [3.8, 4) is 0 Å². The summed E-state index contributed by atoms with van der Waals surface area (Å²) in [5.74, 6) is -1.66. The van der Waals surface area contributed by atoms with Gasteiger partial charge in [0.05, 0.1) is 50.7 Å². The smallest absolute Gasteiger partial charge is 0.314 e. The zero-order valence-electron chi connectivity index (χ0n) is 49.8. The van der Waals surface area contributed by atoms with Crippen molar-refractivity contribution in [1.82, 2.24) is 0 Å². The van der Waals surface area contributed by atoms with Crippen LogP contribution in [-0.4, -0.2) is 348 Å². The second-order valence-electron chi connectivity index (χ2n) is 27.1. The Morgan fingerprint density at radius 2 is 0.736 bits per heavy atom. The minimum atomic E-state index is -2.09. The van der Waals surface area contributed by atoms with Crippen LogP contribution in [0, 0.1) is 28.1 Å². The first kappa shape index (κ1) is 73.4. The summed E-state index contributed by atoms with van der Waals surface area (Å²) in [6.07, 6.45) is -53.9. The Bertz CT molecular complexity index is 2400. The van der Waals surface area contributed by atoms with Crippen LogP contribution in [-0.2, 0) is 61.6 Å². The molecule has 21 N–H and O–H groups in total. The highest BCUT2D eigenvalue weighted by atomic mass is 16.8. The van der Waals surface area contributed by atoms with Crippen molar-refractivity contribution in [2.24, 2.45) is 28.1 Å².